The van der Waals surface area contributed by atoms with Crippen molar-refractivity contribution in [1.29, 1.82) is 0 Å². The summed E-state index contributed by atoms with van der Waals surface area (Å²) in [5.41, 5.74) is 7.01. The molecule has 0 aliphatic carbocycles. The minimum absolute atomic E-state index is 0.349. The van der Waals surface area contributed by atoms with Crippen molar-refractivity contribution < 1.29 is 9.18 Å². The predicted molar refractivity (Wildman–Crippen MR) is 131 cm³/mol. The highest BCUT2D eigenvalue weighted by Crippen LogP contribution is 2.26. The largest absolute Gasteiger partial charge is 0.271 e. The fourth-order valence-electron chi connectivity index (χ4n) is 3.15. The van der Waals surface area contributed by atoms with Crippen molar-refractivity contribution >= 4 is 34.8 Å². The van der Waals surface area contributed by atoms with Crippen LogP contribution in [0.5, 0.6) is 0 Å². The van der Waals surface area contributed by atoms with Crippen LogP contribution in [0.3, 0.4) is 0 Å². The summed E-state index contributed by atoms with van der Waals surface area (Å²) in [4.78, 5) is 17.6. The molecule has 0 saturated carbocycles. The number of amides is 1. The van der Waals surface area contributed by atoms with E-state index in [1.54, 1.807) is 55.5 Å². The van der Waals surface area contributed by atoms with Crippen LogP contribution in [0.25, 0.3) is 22.5 Å². The molecule has 0 radical (unpaired) electrons. The van der Waals surface area contributed by atoms with Gasteiger partial charge in [-0.25, -0.2) is 14.8 Å². The molecule has 4 rings (SSSR count). The van der Waals surface area contributed by atoms with Gasteiger partial charge in [-0.1, -0.05) is 47.5 Å². The van der Waals surface area contributed by atoms with Gasteiger partial charge in [-0.15, -0.1) is 0 Å². The van der Waals surface area contributed by atoms with Gasteiger partial charge >= 0.3 is 0 Å². The van der Waals surface area contributed by atoms with Crippen LogP contribution in [-0.2, 0) is 0 Å². The van der Waals surface area contributed by atoms with Crippen LogP contribution < -0.4 is 5.43 Å². The van der Waals surface area contributed by atoms with Crippen molar-refractivity contribution in [2.24, 2.45) is 5.10 Å². The Morgan fingerprint density at radius 1 is 0.788 bits per heavy atom. The summed E-state index contributed by atoms with van der Waals surface area (Å²) in [6.45, 7) is 1.79. The van der Waals surface area contributed by atoms with E-state index in [1.807, 2.05) is 24.3 Å². The Balaban J connectivity index is 1.69. The molecule has 4 aromatic rings. The monoisotopic (exact) mass is 477 g/mol. The summed E-state index contributed by atoms with van der Waals surface area (Å²) in [7, 11) is 0. The highest BCUT2D eigenvalue weighted by molar-refractivity contribution is 6.31. The van der Waals surface area contributed by atoms with E-state index in [0.29, 0.717) is 38.3 Å². The second-order valence-corrected chi connectivity index (χ2v) is 8.16. The first-order valence-electron chi connectivity index (χ1n) is 10.0. The summed E-state index contributed by atoms with van der Waals surface area (Å²) in [5.74, 6) is -0.748. The molecule has 7 heteroatoms. The van der Waals surface area contributed by atoms with E-state index in [1.165, 1.54) is 12.1 Å². The maximum atomic E-state index is 13.4. The molecule has 1 N–H and O–H groups in total. The Hall–Kier alpha value is -3.54. The van der Waals surface area contributed by atoms with Crippen LogP contribution in [0.15, 0.2) is 90.0 Å². The number of carbonyl (C=O) groups excluding carboxylic acids is 1. The number of hydrogen-bond donors (Lipinski definition) is 1. The summed E-state index contributed by atoms with van der Waals surface area (Å²) in [6, 6.07) is 23.6. The molecule has 3 aromatic carbocycles. The molecule has 0 unspecified atom stereocenters. The van der Waals surface area contributed by atoms with E-state index in [9.17, 15) is 9.18 Å². The number of nitrogens with zero attached hydrogens (tertiary/aromatic N) is 2. The number of nitrogens with one attached hydrogen (secondary N) is 1. The van der Waals surface area contributed by atoms with Crippen LogP contribution in [0, 0.1) is 5.82 Å². The summed E-state index contributed by atoms with van der Waals surface area (Å²) in [5, 5.41) is 5.43. The molecule has 0 spiro atoms. The molecular weight excluding hydrogens is 460 g/mol. The van der Waals surface area contributed by atoms with Crippen molar-refractivity contribution in [1.82, 2.24) is 10.4 Å². The van der Waals surface area contributed by atoms with E-state index in [4.69, 9.17) is 23.2 Å². The van der Waals surface area contributed by atoms with Crippen molar-refractivity contribution in [2.75, 3.05) is 0 Å². The topological polar surface area (TPSA) is 54.4 Å². The van der Waals surface area contributed by atoms with Crippen LogP contribution in [0.1, 0.15) is 22.8 Å². The zero-order valence-electron chi connectivity index (χ0n) is 17.5. The maximum absolute atomic E-state index is 13.4. The molecule has 164 valence electrons. The lowest BCUT2D eigenvalue weighted by molar-refractivity contribution is 0.0955. The number of pyridine rings is 1. The molecule has 0 aliphatic heterocycles. The molecule has 0 bridgehead atoms. The van der Waals surface area contributed by atoms with Gasteiger partial charge in [0.1, 0.15) is 5.82 Å². The fraction of sp³-hybridized carbons (Fsp3) is 0.0385. The lowest BCUT2D eigenvalue weighted by Crippen LogP contribution is -2.19. The zero-order chi connectivity index (χ0) is 23.4. The molecular formula is C26H18Cl2FN3O. The minimum atomic E-state index is -0.399. The van der Waals surface area contributed by atoms with E-state index < -0.39 is 5.91 Å². The maximum Gasteiger partial charge on any atom is 0.271 e. The first-order chi connectivity index (χ1) is 15.9. The Kier molecular flexibility index (Phi) is 6.82. The van der Waals surface area contributed by atoms with E-state index in [0.717, 1.165) is 11.1 Å². The second-order valence-electron chi connectivity index (χ2n) is 7.29. The molecule has 1 heterocycles. The van der Waals surface area contributed by atoms with Gasteiger partial charge in [0.15, 0.2) is 0 Å². The average Bonchev–Trinajstić information content (AvgIpc) is 2.83. The van der Waals surface area contributed by atoms with Crippen molar-refractivity contribution in [3.63, 3.8) is 0 Å². The van der Waals surface area contributed by atoms with E-state index in [-0.39, 0.29) is 5.82 Å². The Morgan fingerprint density at radius 3 is 1.82 bits per heavy atom. The normalized spacial score (nSPS) is 11.3. The van der Waals surface area contributed by atoms with Gasteiger partial charge in [0, 0.05) is 26.7 Å². The number of aromatic nitrogens is 1. The van der Waals surface area contributed by atoms with Crippen molar-refractivity contribution in [3.8, 4) is 22.5 Å². The molecule has 4 nitrogen and oxygen atoms in total. The number of hydrogen-bond acceptors (Lipinski definition) is 3. The van der Waals surface area contributed by atoms with Gasteiger partial charge in [-0.2, -0.15) is 5.10 Å². The van der Waals surface area contributed by atoms with Crippen LogP contribution in [0.2, 0.25) is 10.0 Å². The lowest BCUT2D eigenvalue weighted by atomic mass is 10.0. The zero-order valence-corrected chi connectivity index (χ0v) is 19.0. The average molecular weight is 478 g/mol. The van der Waals surface area contributed by atoms with Crippen molar-refractivity contribution in [3.05, 3.63) is 112 Å². The Bertz CT molecular complexity index is 1260. The van der Waals surface area contributed by atoms with Gasteiger partial charge < -0.3 is 0 Å². The smallest absolute Gasteiger partial charge is 0.267 e. The fourth-order valence-corrected chi connectivity index (χ4v) is 3.41. The third kappa shape index (κ3) is 5.64. The molecule has 0 atom stereocenters. The summed E-state index contributed by atoms with van der Waals surface area (Å²) >= 11 is 11.9. The molecule has 0 saturated heterocycles. The quantitative estimate of drug-likeness (QED) is 0.248. The van der Waals surface area contributed by atoms with Crippen LogP contribution >= 0.6 is 23.2 Å². The van der Waals surface area contributed by atoms with Gasteiger partial charge in [0.2, 0.25) is 0 Å². The molecule has 1 amide bonds. The van der Waals surface area contributed by atoms with Gasteiger partial charge in [0.25, 0.3) is 5.91 Å². The van der Waals surface area contributed by atoms with Gasteiger partial charge in [0.05, 0.1) is 17.1 Å². The number of carbonyl (C=O) groups is 1. The Labute approximate surface area is 200 Å². The number of hydrazone groups is 1. The molecule has 0 fully saturated rings. The minimum Gasteiger partial charge on any atom is -0.267 e. The Morgan fingerprint density at radius 2 is 1.27 bits per heavy atom. The number of benzene rings is 3. The lowest BCUT2D eigenvalue weighted by Gasteiger charge is -2.10. The highest BCUT2D eigenvalue weighted by atomic mass is 35.5. The third-order valence-electron chi connectivity index (χ3n) is 4.95. The first-order valence-corrected chi connectivity index (χ1v) is 10.8. The summed E-state index contributed by atoms with van der Waals surface area (Å²) < 4.78 is 13.4. The van der Waals surface area contributed by atoms with Crippen LogP contribution in [-0.4, -0.2) is 16.6 Å². The number of halogens is 3. The summed E-state index contributed by atoms with van der Waals surface area (Å²) in [6.07, 6.45) is 0. The third-order valence-corrected chi connectivity index (χ3v) is 5.46. The predicted octanol–water partition coefficient (Wildman–Crippen LogP) is 7.02. The van der Waals surface area contributed by atoms with Gasteiger partial charge in [-0.05, 0) is 73.2 Å². The van der Waals surface area contributed by atoms with E-state index >= 15 is 0 Å². The van der Waals surface area contributed by atoms with E-state index in [2.05, 4.69) is 15.5 Å². The first kappa shape index (κ1) is 22.6. The SMILES string of the molecule is C/C(=N/NC(=O)c1cc(-c2ccc(F)cc2)nc(-c2ccc(Cl)cc2)c1)c1ccc(Cl)cc1. The number of rotatable bonds is 5. The highest BCUT2D eigenvalue weighted by Gasteiger charge is 2.13. The van der Waals surface area contributed by atoms with Crippen molar-refractivity contribution in [2.45, 2.75) is 6.92 Å². The van der Waals surface area contributed by atoms with Crippen LogP contribution in [0.4, 0.5) is 4.39 Å². The molecule has 33 heavy (non-hydrogen) atoms. The second kappa shape index (κ2) is 9.94. The molecule has 1 aromatic heterocycles. The van der Waals surface area contributed by atoms with Gasteiger partial charge in [-0.3, -0.25) is 4.79 Å². The molecule has 0 aliphatic rings. The standard InChI is InChI=1S/C26H18Cl2FN3O/c1-16(17-2-8-21(27)9-3-17)31-32-26(33)20-14-24(18-4-10-22(28)11-5-18)30-25(15-20)19-6-12-23(29)13-7-19/h2-15H,1H3,(H,32,33)/b31-16-.